The quantitative estimate of drug-likeness (QED) is 0.616. The van der Waals surface area contributed by atoms with E-state index < -0.39 is 0 Å². The van der Waals surface area contributed by atoms with E-state index in [1.165, 1.54) is 17.4 Å². The van der Waals surface area contributed by atoms with E-state index in [0.717, 1.165) is 10.0 Å². The van der Waals surface area contributed by atoms with Crippen LogP contribution in [0.25, 0.3) is 10.4 Å². The Bertz CT molecular complexity index is 492. The number of hydrogen-bond donors (Lipinski definition) is 0. The summed E-state index contributed by atoms with van der Waals surface area (Å²) in [5.41, 5.74) is 1.04. The maximum atomic E-state index is 10.7. The fourth-order valence-electron chi connectivity index (χ4n) is 1.26. The van der Waals surface area contributed by atoms with Gasteiger partial charge in [0.1, 0.15) is 4.88 Å². The highest BCUT2D eigenvalue weighted by Gasteiger charge is 2.16. The Balaban J connectivity index is 2.49. The third-order valence-corrected chi connectivity index (χ3v) is 3.43. The van der Waals surface area contributed by atoms with Crippen LogP contribution in [0.1, 0.15) is 0 Å². The molecular formula is C10H6BrNO2S. The number of nitrogens with zero attached hydrogens (tertiary/aromatic N) is 1. The van der Waals surface area contributed by atoms with Crippen molar-refractivity contribution in [2.24, 2.45) is 0 Å². The molecule has 15 heavy (non-hydrogen) atoms. The summed E-state index contributed by atoms with van der Waals surface area (Å²) in [6.07, 6.45) is 0. The van der Waals surface area contributed by atoms with Gasteiger partial charge in [0, 0.05) is 10.5 Å². The third-order valence-electron chi connectivity index (χ3n) is 1.95. The molecule has 0 bridgehead atoms. The molecule has 0 aliphatic rings. The summed E-state index contributed by atoms with van der Waals surface area (Å²) in [4.78, 5) is 11.1. The molecule has 1 aromatic heterocycles. The van der Waals surface area contributed by atoms with Crippen molar-refractivity contribution in [2.75, 3.05) is 0 Å². The van der Waals surface area contributed by atoms with Gasteiger partial charge in [-0.1, -0.05) is 28.1 Å². The second kappa shape index (κ2) is 4.12. The molecule has 0 aliphatic carbocycles. The maximum Gasteiger partial charge on any atom is 0.287 e. The van der Waals surface area contributed by atoms with Gasteiger partial charge in [0.05, 0.1) is 4.92 Å². The van der Waals surface area contributed by atoms with Crippen LogP contribution in [0.5, 0.6) is 0 Å². The van der Waals surface area contributed by atoms with Gasteiger partial charge in [-0.3, -0.25) is 10.1 Å². The van der Waals surface area contributed by atoms with Crippen molar-refractivity contribution < 1.29 is 4.92 Å². The van der Waals surface area contributed by atoms with E-state index in [2.05, 4.69) is 15.9 Å². The minimum absolute atomic E-state index is 0.169. The Kier molecular flexibility index (Phi) is 2.83. The van der Waals surface area contributed by atoms with Crippen LogP contribution in [0.2, 0.25) is 0 Å². The van der Waals surface area contributed by atoms with Gasteiger partial charge in [0.2, 0.25) is 0 Å². The van der Waals surface area contributed by atoms with Crippen molar-refractivity contribution in [3.8, 4) is 10.4 Å². The van der Waals surface area contributed by atoms with Crippen LogP contribution in [0.4, 0.5) is 5.69 Å². The zero-order valence-electron chi connectivity index (χ0n) is 7.51. The molecule has 0 amide bonds. The van der Waals surface area contributed by atoms with Gasteiger partial charge in [-0.15, -0.1) is 11.3 Å². The Morgan fingerprint density at radius 2 is 1.87 bits per heavy atom. The molecule has 3 nitrogen and oxygen atoms in total. The van der Waals surface area contributed by atoms with Crippen molar-refractivity contribution in [3.63, 3.8) is 0 Å². The van der Waals surface area contributed by atoms with Crippen molar-refractivity contribution >= 4 is 33.0 Å². The van der Waals surface area contributed by atoms with E-state index >= 15 is 0 Å². The molecule has 2 rings (SSSR count). The standard InChI is InChI=1S/C10H6BrNO2S/c11-8-3-1-7(2-4-8)10-9(12(13)14)5-6-15-10/h1-6H. The number of nitro groups is 1. The molecule has 1 aromatic carbocycles. The summed E-state index contributed by atoms with van der Waals surface area (Å²) in [6.45, 7) is 0. The zero-order valence-corrected chi connectivity index (χ0v) is 9.92. The summed E-state index contributed by atoms with van der Waals surface area (Å²) in [5.74, 6) is 0. The van der Waals surface area contributed by atoms with E-state index in [4.69, 9.17) is 0 Å². The molecule has 76 valence electrons. The smallest absolute Gasteiger partial charge is 0.258 e. The van der Waals surface area contributed by atoms with Crippen LogP contribution in [0.3, 0.4) is 0 Å². The molecule has 0 unspecified atom stereocenters. The second-order valence-corrected chi connectivity index (χ2v) is 4.73. The molecule has 1 heterocycles. The van der Waals surface area contributed by atoms with Gasteiger partial charge >= 0.3 is 0 Å². The highest BCUT2D eigenvalue weighted by atomic mass is 79.9. The Morgan fingerprint density at radius 3 is 2.47 bits per heavy atom. The molecule has 0 N–H and O–H groups in total. The SMILES string of the molecule is O=[N+]([O-])c1ccsc1-c1ccc(Br)cc1. The predicted molar refractivity (Wildman–Crippen MR) is 64.1 cm³/mol. The lowest BCUT2D eigenvalue weighted by atomic mass is 10.2. The highest BCUT2D eigenvalue weighted by Crippen LogP contribution is 2.35. The van der Waals surface area contributed by atoms with Gasteiger partial charge in [-0.25, -0.2) is 0 Å². The molecule has 0 saturated heterocycles. The lowest BCUT2D eigenvalue weighted by molar-refractivity contribution is -0.383. The van der Waals surface area contributed by atoms with Crippen molar-refractivity contribution in [1.29, 1.82) is 0 Å². The molecule has 0 aliphatic heterocycles. The first-order valence-corrected chi connectivity index (χ1v) is 5.83. The summed E-state index contributed by atoms with van der Waals surface area (Å²) in [6, 6.07) is 9.01. The number of thiophene rings is 1. The Morgan fingerprint density at radius 1 is 1.20 bits per heavy atom. The second-order valence-electron chi connectivity index (χ2n) is 2.90. The molecule has 0 atom stereocenters. The lowest BCUT2D eigenvalue weighted by Gasteiger charge is -1.97. The minimum Gasteiger partial charge on any atom is -0.258 e. The number of benzene rings is 1. The summed E-state index contributed by atoms with van der Waals surface area (Å²) >= 11 is 4.71. The normalized spacial score (nSPS) is 10.2. The van der Waals surface area contributed by atoms with E-state index in [-0.39, 0.29) is 10.6 Å². The van der Waals surface area contributed by atoms with Gasteiger partial charge in [-0.2, -0.15) is 0 Å². The Hall–Kier alpha value is -1.20. The topological polar surface area (TPSA) is 43.1 Å². The lowest BCUT2D eigenvalue weighted by Crippen LogP contribution is -1.86. The van der Waals surface area contributed by atoms with Crippen LogP contribution >= 0.6 is 27.3 Å². The first-order valence-electron chi connectivity index (χ1n) is 4.16. The molecule has 0 radical (unpaired) electrons. The van der Waals surface area contributed by atoms with Crippen molar-refractivity contribution in [2.45, 2.75) is 0 Å². The first kappa shape index (κ1) is 10.3. The van der Waals surface area contributed by atoms with Gasteiger partial charge in [-0.05, 0) is 23.1 Å². The average Bonchev–Trinajstić information content (AvgIpc) is 2.67. The fourth-order valence-corrected chi connectivity index (χ4v) is 2.40. The highest BCUT2D eigenvalue weighted by molar-refractivity contribution is 9.10. The third kappa shape index (κ3) is 2.08. The van der Waals surface area contributed by atoms with Crippen LogP contribution < -0.4 is 0 Å². The average molecular weight is 284 g/mol. The number of rotatable bonds is 2. The summed E-state index contributed by atoms with van der Waals surface area (Å²) < 4.78 is 0.963. The van der Waals surface area contributed by atoms with Crippen LogP contribution in [-0.4, -0.2) is 4.92 Å². The molecular weight excluding hydrogens is 278 g/mol. The van der Waals surface area contributed by atoms with Gasteiger partial charge in [0.15, 0.2) is 0 Å². The molecule has 0 saturated carbocycles. The van der Waals surface area contributed by atoms with Gasteiger partial charge < -0.3 is 0 Å². The number of hydrogen-bond acceptors (Lipinski definition) is 3. The fraction of sp³-hybridized carbons (Fsp3) is 0. The largest absolute Gasteiger partial charge is 0.287 e. The van der Waals surface area contributed by atoms with Crippen molar-refractivity contribution in [3.05, 3.63) is 50.3 Å². The van der Waals surface area contributed by atoms with E-state index in [1.54, 1.807) is 5.38 Å². The monoisotopic (exact) mass is 283 g/mol. The van der Waals surface area contributed by atoms with Gasteiger partial charge in [0.25, 0.3) is 5.69 Å². The van der Waals surface area contributed by atoms with Crippen LogP contribution in [-0.2, 0) is 0 Å². The summed E-state index contributed by atoms with van der Waals surface area (Å²) in [7, 11) is 0. The first-order chi connectivity index (χ1) is 7.18. The van der Waals surface area contributed by atoms with Crippen molar-refractivity contribution in [1.82, 2.24) is 0 Å². The van der Waals surface area contributed by atoms with E-state index in [1.807, 2.05) is 24.3 Å². The van der Waals surface area contributed by atoms with E-state index in [9.17, 15) is 10.1 Å². The van der Waals surface area contributed by atoms with Crippen LogP contribution in [0, 0.1) is 10.1 Å². The molecule has 0 spiro atoms. The Labute approximate surface area is 98.6 Å². The predicted octanol–water partition coefficient (Wildman–Crippen LogP) is 4.09. The molecule has 5 heteroatoms. The van der Waals surface area contributed by atoms with Crippen LogP contribution in [0.15, 0.2) is 40.2 Å². The molecule has 0 fully saturated rings. The van der Waals surface area contributed by atoms with E-state index in [0.29, 0.717) is 4.88 Å². The minimum atomic E-state index is -0.353. The maximum absolute atomic E-state index is 10.7. The number of halogens is 1. The zero-order chi connectivity index (χ0) is 10.8. The molecule has 2 aromatic rings. The summed E-state index contributed by atoms with van der Waals surface area (Å²) in [5, 5.41) is 12.5.